The van der Waals surface area contributed by atoms with Gasteiger partial charge in [0.05, 0.1) is 12.9 Å². The van der Waals surface area contributed by atoms with Gasteiger partial charge in [0.15, 0.2) is 5.16 Å². The van der Waals surface area contributed by atoms with Crippen molar-refractivity contribution in [2.75, 3.05) is 24.3 Å². The van der Waals surface area contributed by atoms with E-state index < -0.39 is 0 Å². The summed E-state index contributed by atoms with van der Waals surface area (Å²) in [4.78, 5) is 14.5. The molecule has 6 nitrogen and oxygen atoms in total. The van der Waals surface area contributed by atoms with Gasteiger partial charge in [0.25, 0.3) is 0 Å². The molecular formula is C19H18N4O2S. The number of benzene rings is 2. The molecule has 4 rings (SSSR count). The molecule has 0 radical (unpaired) electrons. The minimum absolute atomic E-state index is 0.0873. The molecule has 1 amide bonds. The number of hydrogen-bond acceptors (Lipinski definition) is 5. The van der Waals surface area contributed by atoms with E-state index in [0.29, 0.717) is 10.9 Å². The summed E-state index contributed by atoms with van der Waals surface area (Å²) in [5.41, 5.74) is 3.18. The fourth-order valence-corrected chi connectivity index (χ4v) is 3.85. The van der Waals surface area contributed by atoms with E-state index in [-0.39, 0.29) is 5.91 Å². The number of nitrogens with zero attached hydrogens (tertiary/aromatic N) is 4. The molecular weight excluding hydrogens is 348 g/mol. The zero-order chi connectivity index (χ0) is 17.9. The van der Waals surface area contributed by atoms with Crippen LogP contribution in [-0.2, 0) is 11.2 Å². The van der Waals surface area contributed by atoms with Crippen molar-refractivity contribution in [3.05, 3.63) is 60.4 Å². The van der Waals surface area contributed by atoms with Crippen molar-refractivity contribution in [3.63, 3.8) is 0 Å². The van der Waals surface area contributed by atoms with Crippen LogP contribution in [0.2, 0.25) is 0 Å². The molecule has 0 bridgehead atoms. The largest absolute Gasteiger partial charge is 0.497 e. The number of para-hydroxylation sites is 1. The second-order valence-electron chi connectivity index (χ2n) is 5.89. The van der Waals surface area contributed by atoms with Gasteiger partial charge in [-0.15, -0.1) is 10.2 Å². The lowest BCUT2D eigenvalue weighted by Crippen LogP contribution is -2.30. The van der Waals surface area contributed by atoms with Gasteiger partial charge in [-0.25, -0.2) is 0 Å². The number of hydrogen-bond donors (Lipinski definition) is 0. The van der Waals surface area contributed by atoms with Gasteiger partial charge in [0.2, 0.25) is 5.91 Å². The van der Waals surface area contributed by atoms with E-state index in [1.165, 1.54) is 17.3 Å². The maximum atomic E-state index is 12.7. The zero-order valence-electron chi connectivity index (χ0n) is 14.3. The molecule has 0 fully saturated rings. The molecule has 7 heteroatoms. The standard InChI is InChI=1S/C19H18N4O2S/c1-25-16-8-6-15(7-9-16)23-13-20-21-19(23)26-12-18(24)22-11-10-14-4-2-3-5-17(14)22/h2-9,13H,10-12H2,1H3. The second kappa shape index (κ2) is 7.21. The Morgan fingerprint density at radius 3 is 2.81 bits per heavy atom. The summed E-state index contributed by atoms with van der Waals surface area (Å²) in [6.07, 6.45) is 2.56. The highest BCUT2D eigenvalue weighted by Gasteiger charge is 2.24. The topological polar surface area (TPSA) is 60.2 Å². The molecule has 132 valence electrons. The minimum atomic E-state index is 0.0873. The molecule has 0 saturated heterocycles. The summed E-state index contributed by atoms with van der Waals surface area (Å²) in [5.74, 6) is 1.20. The zero-order valence-corrected chi connectivity index (χ0v) is 15.1. The van der Waals surface area contributed by atoms with Crippen LogP contribution in [-0.4, -0.2) is 40.1 Å². The number of methoxy groups -OCH3 is 1. The molecule has 26 heavy (non-hydrogen) atoms. The lowest BCUT2D eigenvalue weighted by molar-refractivity contribution is -0.116. The predicted molar refractivity (Wildman–Crippen MR) is 101 cm³/mol. The molecule has 3 aromatic rings. The number of thioether (sulfide) groups is 1. The summed E-state index contributed by atoms with van der Waals surface area (Å²) < 4.78 is 7.06. The van der Waals surface area contributed by atoms with Crippen LogP contribution in [0.15, 0.2) is 60.0 Å². The monoisotopic (exact) mass is 366 g/mol. The average Bonchev–Trinajstić information content (AvgIpc) is 3.33. The Bertz CT molecular complexity index is 923. The Kier molecular flexibility index (Phi) is 4.62. The number of anilines is 1. The molecule has 1 aliphatic rings. The third-order valence-electron chi connectivity index (χ3n) is 4.38. The summed E-state index contributed by atoms with van der Waals surface area (Å²) in [7, 11) is 1.64. The summed E-state index contributed by atoms with van der Waals surface area (Å²) in [5, 5.41) is 8.83. The van der Waals surface area contributed by atoms with Crippen molar-refractivity contribution in [1.82, 2.24) is 14.8 Å². The number of ether oxygens (including phenoxy) is 1. The van der Waals surface area contributed by atoms with Gasteiger partial charge in [-0.2, -0.15) is 0 Å². The third-order valence-corrected chi connectivity index (χ3v) is 5.31. The lowest BCUT2D eigenvalue weighted by Gasteiger charge is -2.17. The number of carbonyl (C=O) groups is 1. The normalized spacial score (nSPS) is 12.9. The first kappa shape index (κ1) is 16.7. The van der Waals surface area contributed by atoms with Gasteiger partial charge in [0, 0.05) is 17.9 Å². The van der Waals surface area contributed by atoms with Crippen LogP contribution in [0.5, 0.6) is 5.75 Å². The van der Waals surface area contributed by atoms with E-state index in [1.54, 1.807) is 13.4 Å². The highest BCUT2D eigenvalue weighted by Crippen LogP contribution is 2.29. The fourth-order valence-electron chi connectivity index (χ4n) is 3.04. The number of carbonyl (C=O) groups excluding carboxylic acids is 1. The molecule has 1 aromatic heterocycles. The van der Waals surface area contributed by atoms with Crippen LogP contribution in [0.25, 0.3) is 5.69 Å². The van der Waals surface area contributed by atoms with Gasteiger partial charge < -0.3 is 9.64 Å². The Balaban J connectivity index is 1.46. The average molecular weight is 366 g/mol. The van der Waals surface area contributed by atoms with Crippen molar-refractivity contribution < 1.29 is 9.53 Å². The quantitative estimate of drug-likeness (QED) is 0.650. The van der Waals surface area contributed by atoms with E-state index in [1.807, 2.05) is 51.9 Å². The van der Waals surface area contributed by atoms with Crippen LogP contribution in [0.1, 0.15) is 5.56 Å². The van der Waals surface area contributed by atoms with Gasteiger partial charge in [0.1, 0.15) is 12.1 Å². The summed E-state index contributed by atoms with van der Waals surface area (Å²) in [6.45, 7) is 0.740. The van der Waals surface area contributed by atoms with Gasteiger partial charge in [-0.3, -0.25) is 9.36 Å². The number of amides is 1. The Labute approximate surface area is 155 Å². The Morgan fingerprint density at radius 1 is 1.19 bits per heavy atom. The van der Waals surface area contributed by atoms with Gasteiger partial charge in [-0.1, -0.05) is 30.0 Å². The van der Waals surface area contributed by atoms with Crippen LogP contribution >= 0.6 is 11.8 Å². The second-order valence-corrected chi connectivity index (χ2v) is 6.84. The van der Waals surface area contributed by atoms with Crippen molar-refractivity contribution in [2.45, 2.75) is 11.6 Å². The maximum Gasteiger partial charge on any atom is 0.237 e. The van der Waals surface area contributed by atoms with E-state index in [4.69, 9.17) is 4.74 Å². The molecule has 2 heterocycles. The molecule has 0 saturated carbocycles. The van der Waals surface area contributed by atoms with Crippen LogP contribution in [0, 0.1) is 0 Å². The number of aromatic nitrogens is 3. The van der Waals surface area contributed by atoms with Crippen molar-refractivity contribution >= 4 is 23.4 Å². The Morgan fingerprint density at radius 2 is 2.00 bits per heavy atom. The number of fused-ring (bicyclic) bond motifs is 1. The molecule has 0 spiro atoms. The van der Waals surface area contributed by atoms with Crippen LogP contribution in [0.4, 0.5) is 5.69 Å². The number of rotatable bonds is 5. The Hall–Kier alpha value is -2.80. The predicted octanol–water partition coefficient (Wildman–Crippen LogP) is 2.96. The first-order valence-corrected chi connectivity index (χ1v) is 9.30. The molecule has 2 aromatic carbocycles. The minimum Gasteiger partial charge on any atom is -0.497 e. The lowest BCUT2D eigenvalue weighted by atomic mass is 10.2. The van der Waals surface area contributed by atoms with Crippen LogP contribution in [0.3, 0.4) is 0 Å². The fraction of sp³-hybridized carbons (Fsp3) is 0.211. The van der Waals surface area contributed by atoms with Gasteiger partial charge >= 0.3 is 0 Å². The van der Waals surface area contributed by atoms with E-state index in [9.17, 15) is 4.79 Å². The van der Waals surface area contributed by atoms with E-state index in [2.05, 4.69) is 16.3 Å². The highest BCUT2D eigenvalue weighted by molar-refractivity contribution is 7.99. The molecule has 0 aliphatic carbocycles. The van der Waals surface area contributed by atoms with Crippen molar-refractivity contribution in [3.8, 4) is 11.4 Å². The van der Waals surface area contributed by atoms with Gasteiger partial charge in [-0.05, 0) is 42.3 Å². The highest BCUT2D eigenvalue weighted by atomic mass is 32.2. The van der Waals surface area contributed by atoms with E-state index in [0.717, 1.165) is 30.1 Å². The molecule has 1 aliphatic heterocycles. The third kappa shape index (κ3) is 3.17. The SMILES string of the molecule is COc1ccc(-n2cnnc2SCC(=O)N2CCc3ccccc32)cc1. The molecule has 0 atom stereocenters. The molecule has 0 unspecified atom stereocenters. The van der Waals surface area contributed by atoms with E-state index >= 15 is 0 Å². The smallest absolute Gasteiger partial charge is 0.237 e. The first-order valence-electron chi connectivity index (χ1n) is 8.32. The van der Waals surface area contributed by atoms with Crippen molar-refractivity contribution in [1.29, 1.82) is 0 Å². The maximum absolute atomic E-state index is 12.7. The first-order chi connectivity index (χ1) is 12.8. The van der Waals surface area contributed by atoms with Crippen LogP contribution < -0.4 is 9.64 Å². The molecule has 0 N–H and O–H groups in total. The summed E-state index contributed by atoms with van der Waals surface area (Å²) in [6, 6.07) is 15.7. The summed E-state index contributed by atoms with van der Waals surface area (Å²) >= 11 is 1.40. The van der Waals surface area contributed by atoms with Crippen molar-refractivity contribution in [2.24, 2.45) is 0 Å².